The molecule has 0 unspecified atom stereocenters. The Hall–Kier alpha value is -6.48. The van der Waals surface area contributed by atoms with Gasteiger partial charge in [0, 0.05) is 37.2 Å². The summed E-state index contributed by atoms with van der Waals surface area (Å²) in [7, 11) is 0. The molecule has 9 aromatic carbocycles. The number of nitrogens with zero attached hydrogens (tertiary/aromatic N) is 1. The van der Waals surface area contributed by atoms with Crippen LogP contribution in [0.15, 0.2) is 200 Å². The summed E-state index contributed by atoms with van der Waals surface area (Å²) < 4.78 is 2.66. The molecule has 0 aliphatic rings. The summed E-state index contributed by atoms with van der Waals surface area (Å²) in [5.74, 6) is 0. The Kier molecular flexibility index (Phi) is 7.41. The van der Waals surface area contributed by atoms with Crippen LogP contribution in [0.5, 0.6) is 0 Å². The van der Waals surface area contributed by atoms with E-state index in [0.717, 1.165) is 17.1 Å². The molecule has 0 bridgehead atoms. The van der Waals surface area contributed by atoms with Gasteiger partial charge in [0.1, 0.15) is 0 Å². The number of hydrogen-bond acceptors (Lipinski definition) is 2. The molecular weight excluding hydrogens is 647 g/mol. The summed E-state index contributed by atoms with van der Waals surface area (Å²) in [5, 5.41) is 7.67. The van der Waals surface area contributed by atoms with Crippen molar-refractivity contribution in [1.82, 2.24) is 0 Å². The van der Waals surface area contributed by atoms with E-state index in [-0.39, 0.29) is 0 Å². The molecule has 10 aromatic rings. The Morgan fingerprint density at radius 3 is 1.63 bits per heavy atom. The van der Waals surface area contributed by atoms with Crippen molar-refractivity contribution < 1.29 is 0 Å². The number of thiophene rings is 1. The molecule has 10 rings (SSSR count). The quantitative estimate of drug-likeness (QED) is 0.158. The monoisotopic (exact) mass is 679 g/mol. The van der Waals surface area contributed by atoms with Gasteiger partial charge in [-0.05, 0) is 110 Å². The minimum Gasteiger partial charge on any atom is -0.310 e. The van der Waals surface area contributed by atoms with Gasteiger partial charge in [0.05, 0.1) is 0 Å². The van der Waals surface area contributed by atoms with E-state index in [0.29, 0.717) is 0 Å². The number of benzene rings is 9. The standard InChI is InChI=1S/C50H33NS/c1-3-13-34(14-4-1)37-17-11-19-40(29-37)51(41-20-12-18-38(30-41)44-22-8-7-21-43(44)35-15-5-2-6-16-35)42-28-27-36-25-26-39-31-50-48(33-47(39)46(36)32-42)45-23-9-10-24-49(45)52-50/h1-33H. The maximum atomic E-state index is 2.41. The lowest BCUT2D eigenvalue weighted by molar-refractivity contribution is 1.29. The first-order valence-electron chi connectivity index (χ1n) is 17.8. The molecule has 1 heterocycles. The molecule has 1 nitrogen and oxygen atoms in total. The summed E-state index contributed by atoms with van der Waals surface area (Å²) in [6.07, 6.45) is 0. The van der Waals surface area contributed by atoms with Gasteiger partial charge in [0.15, 0.2) is 0 Å². The lowest BCUT2D eigenvalue weighted by atomic mass is 9.94. The average molecular weight is 680 g/mol. The lowest BCUT2D eigenvalue weighted by Crippen LogP contribution is -2.10. The van der Waals surface area contributed by atoms with E-state index in [1.165, 1.54) is 75.1 Å². The lowest BCUT2D eigenvalue weighted by Gasteiger charge is -2.27. The summed E-state index contributed by atoms with van der Waals surface area (Å²) in [6, 6.07) is 73.0. The van der Waals surface area contributed by atoms with Crippen molar-refractivity contribution in [3.63, 3.8) is 0 Å². The van der Waals surface area contributed by atoms with E-state index in [4.69, 9.17) is 0 Å². The van der Waals surface area contributed by atoms with Crippen molar-refractivity contribution in [3.8, 4) is 33.4 Å². The third kappa shape index (κ3) is 5.33. The fourth-order valence-corrected chi connectivity index (χ4v) is 8.86. The molecule has 0 saturated heterocycles. The van der Waals surface area contributed by atoms with Gasteiger partial charge in [-0.1, -0.05) is 146 Å². The highest BCUT2D eigenvalue weighted by Crippen LogP contribution is 2.43. The second kappa shape index (κ2) is 12.7. The van der Waals surface area contributed by atoms with Gasteiger partial charge in [-0.3, -0.25) is 0 Å². The highest BCUT2D eigenvalue weighted by Gasteiger charge is 2.17. The van der Waals surface area contributed by atoms with E-state index in [1.807, 2.05) is 11.3 Å². The molecule has 52 heavy (non-hydrogen) atoms. The van der Waals surface area contributed by atoms with Gasteiger partial charge >= 0.3 is 0 Å². The molecule has 0 radical (unpaired) electrons. The molecule has 2 heteroatoms. The molecule has 0 atom stereocenters. The summed E-state index contributed by atoms with van der Waals surface area (Å²) >= 11 is 1.87. The normalized spacial score (nSPS) is 11.5. The zero-order chi connectivity index (χ0) is 34.4. The Morgan fingerprint density at radius 2 is 0.846 bits per heavy atom. The Bertz CT molecular complexity index is 2910. The SMILES string of the molecule is c1ccc(-c2cccc(N(c3cccc(-c4ccccc4-c4ccccc4)c3)c3ccc4ccc5cc6sc7ccccc7c6cc5c4c3)c2)cc1. The molecule has 0 amide bonds. The Morgan fingerprint density at radius 1 is 0.288 bits per heavy atom. The van der Waals surface area contributed by atoms with Crippen molar-refractivity contribution in [2.75, 3.05) is 4.90 Å². The zero-order valence-electron chi connectivity index (χ0n) is 28.4. The fraction of sp³-hybridized carbons (Fsp3) is 0. The topological polar surface area (TPSA) is 3.24 Å². The van der Waals surface area contributed by atoms with Crippen LogP contribution in [0.3, 0.4) is 0 Å². The Balaban J connectivity index is 1.18. The van der Waals surface area contributed by atoms with Crippen LogP contribution in [0.25, 0.3) is 75.1 Å². The molecular formula is C50H33NS. The van der Waals surface area contributed by atoms with Crippen molar-refractivity contribution >= 4 is 70.1 Å². The maximum Gasteiger partial charge on any atom is 0.0468 e. The van der Waals surface area contributed by atoms with Crippen molar-refractivity contribution in [2.45, 2.75) is 0 Å². The van der Waals surface area contributed by atoms with Crippen LogP contribution in [-0.4, -0.2) is 0 Å². The minimum absolute atomic E-state index is 1.11. The second-order valence-corrected chi connectivity index (χ2v) is 14.4. The Labute approximate surface area is 307 Å². The third-order valence-electron chi connectivity index (χ3n) is 10.2. The number of rotatable bonds is 6. The van der Waals surface area contributed by atoms with Crippen LogP contribution >= 0.6 is 11.3 Å². The van der Waals surface area contributed by atoms with Gasteiger partial charge < -0.3 is 4.90 Å². The van der Waals surface area contributed by atoms with Crippen LogP contribution < -0.4 is 4.90 Å². The summed E-state index contributed by atoms with van der Waals surface area (Å²) in [5.41, 5.74) is 10.6. The first-order valence-corrected chi connectivity index (χ1v) is 18.6. The van der Waals surface area contributed by atoms with Crippen LogP contribution in [0.4, 0.5) is 17.1 Å². The fourth-order valence-electron chi connectivity index (χ4n) is 7.72. The molecule has 0 saturated carbocycles. The summed E-state index contributed by atoms with van der Waals surface area (Å²) in [6.45, 7) is 0. The maximum absolute atomic E-state index is 2.41. The van der Waals surface area contributed by atoms with Gasteiger partial charge in [-0.2, -0.15) is 0 Å². The van der Waals surface area contributed by atoms with Gasteiger partial charge in [-0.25, -0.2) is 0 Å². The molecule has 0 spiro atoms. The molecule has 0 aliphatic heterocycles. The van der Waals surface area contributed by atoms with Gasteiger partial charge in [0.25, 0.3) is 0 Å². The number of hydrogen-bond donors (Lipinski definition) is 0. The number of fused-ring (bicyclic) bond motifs is 6. The van der Waals surface area contributed by atoms with Crippen LogP contribution in [0.2, 0.25) is 0 Å². The van der Waals surface area contributed by atoms with Crippen molar-refractivity contribution in [2.24, 2.45) is 0 Å². The highest BCUT2D eigenvalue weighted by atomic mass is 32.1. The predicted molar refractivity (Wildman–Crippen MR) is 225 cm³/mol. The summed E-state index contributed by atoms with van der Waals surface area (Å²) in [4.78, 5) is 2.41. The van der Waals surface area contributed by atoms with E-state index in [2.05, 4.69) is 205 Å². The molecule has 244 valence electrons. The second-order valence-electron chi connectivity index (χ2n) is 13.4. The van der Waals surface area contributed by atoms with Crippen LogP contribution in [0, 0.1) is 0 Å². The van der Waals surface area contributed by atoms with Crippen molar-refractivity contribution in [1.29, 1.82) is 0 Å². The largest absolute Gasteiger partial charge is 0.310 e. The van der Waals surface area contributed by atoms with E-state index in [1.54, 1.807) is 0 Å². The first kappa shape index (κ1) is 30.4. The molecule has 1 aromatic heterocycles. The first-order chi connectivity index (χ1) is 25.8. The van der Waals surface area contributed by atoms with Gasteiger partial charge in [-0.15, -0.1) is 11.3 Å². The number of anilines is 3. The smallest absolute Gasteiger partial charge is 0.0468 e. The van der Waals surface area contributed by atoms with E-state index < -0.39 is 0 Å². The average Bonchev–Trinajstić information content (AvgIpc) is 3.58. The van der Waals surface area contributed by atoms with E-state index >= 15 is 0 Å². The van der Waals surface area contributed by atoms with E-state index in [9.17, 15) is 0 Å². The minimum atomic E-state index is 1.11. The molecule has 0 N–H and O–H groups in total. The van der Waals surface area contributed by atoms with Crippen LogP contribution in [-0.2, 0) is 0 Å². The van der Waals surface area contributed by atoms with Crippen molar-refractivity contribution in [3.05, 3.63) is 200 Å². The molecule has 0 aliphatic carbocycles. The zero-order valence-corrected chi connectivity index (χ0v) is 29.2. The molecule has 0 fully saturated rings. The van der Waals surface area contributed by atoms with Crippen LogP contribution in [0.1, 0.15) is 0 Å². The predicted octanol–water partition coefficient (Wildman–Crippen LogP) is 14.8. The third-order valence-corrected chi connectivity index (χ3v) is 11.3. The van der Waals surface area contributed by atoms with Gasteiger partial charge in [0.2, 0.25) is 0 Å². The highest BCUT2D eigenvalue weighted by molar-refractivity contribution is 7.25.